The Hall–Kier alpha value is -1.06. The molecular formula is C15H23N3. The lowest BCUT2D eigenvalue weighted by molar-refractivity contribution is 0.203. The van der Waals surface area contributed by atoms with Crippen LogP contribution in [0.5, 0.6) is 0 Å². The Balaban J connectivity index is 1.77. The minimum atomic E-state index is 0.614. The zero-order valence-corrected chi connectivity index (χ0v) is 11.2. The first-order valence-corrected chi connectivity index (χ1v) is 7.07. The van der Waals surface area contributed by atoms with Crippen molar-refractivity contribution < 1.29 is 0 Å². The van der Waals surface area contributed by atoms with Crippen molar-refractivity contribution in [3.05, 3.63) is 29.8 Å². The van der Waals surface area contributed by atoms with E-state index in [0.29, 0.717) is 12.6 Å². The molecule has 1 aromatic carbocycles. The van der Waals surface area contributed by atoms with Crippen molar-refractivity contribution in [3.63, 3.8) is 0 Å². The maximum atomic E-state index is 5.66. The van der Waals surface area contributed by atoms with Crippen molar-refractivity contribution in [3.8, 4) is 0 Å². The van der Waals surface area contributed by atoms with Gasteiger partial charge in [-0.25, -0.2) is 0 Å². The number of anilines is 1. The standard InChI is InChI=1S/C15H23N3/c1-12-10-17-8-2-3-15(17)11-18(12)14-6-4-13(9-16)5-7-14/h4-7,12,15H,2-3,8-11,16H2,1H3. The predicted molar refractivity (Wildman–Crippen MR) is 75.7 cm³/mol. The Morgan fingerprint density at radius 1 is 1.22 bits per heavy atom. The van der Waals surface area contributed by atoms with Gasteiger partial charge in [0.25, 0.3) is 0 Å². The molecule has 2 atom stereocenters. The molecule has 0 saturated carbocycles. The fraction of sp³-hybridized carbons (Fsp3) is 0.600. The normalized spacial score (nSPS) is 28.4. The minimum Gasteiger partial charge on any atom is -0.366 e. The number of nitrogens with two attached hydrogens (primary N) is 1. The monoisotopic (exact) mass is 245 g/mol. The van der Waals surface area contributed by atoms with E-state index in [1.54, 1.807) is 0 Å². The van der Waals surface area contributed by atoms with Crippen LogP contribution in [0.15, 0.2) is 24.3 Å². The lowest BCUT2D eigenvalue weighted by atomic mass is 10.1. The highest BCUT2D eigenvalue weighted by Crippen LogP contribution is 2.28. The molecule has 0 radical (unpaired) electrons. The van der Waals surface area contributed by atoms with Crippen LogP contribution in [0.2, 0.25) is 0 Å². The highest BCUT2D eigenvalue weighted by Gasteiger charge is 2.34. The van der Waals surface area contributed by atoms with Crippen molar-refractivity contribution in [2.24, 2.45) is 5.73 Å². The third kappa shape index (κ3) is 2.13. The van der Waals surface area contributed by atoms with Gasteiger partial charge in [0.05, 0.1) is 0 Å². The third-order valence-electron chi connectivity index (χ3n) is 4.44. The van der Waals surface area contributed by atoms with Gasteiger partial charge in [0.15, 0.2) is 0 Å². The molecule has 2 unspecified atom stereocenters. The number of piperazine rings is 1. The van der Waals surface area contributed by atoms with Crippen LogP contribution in [-0.4, -0.2) is 36.6 Å². The van der Waals surface area contributed by atoms with Gasteiger partial charge < -0.3 is 10.6 Å². The molecule has 3 heteroatoms. The van der Waals surface area contributed by atoms with E-state index in [1.807, 2.05) is 0 Å². The molecule has 2 aliphatic rings. The Labute approximate surface area is 110 Å². The second-order valence-electron chi connectivity index (χ2n) is 5.66. The van der Waals surface area contributed by atoms with Gasteiger partial charge in [-0.1, -0.05) is 12.1 Å². The summed E-state index contributed by atoms with van der Waals surface area (Å²) in [7, 11) is 0. The van der Waals surface area contributed by atoms with Gasteiger partial charge in [0.2, 0.25) is 0 Å². The van der Waals surface area contributed by atoms with Gasteiger partial charge in [0.1, 0.15) is 0 Å². The van der Waals surface area contributed by atoms with Gasteiger partial charge in [-0.3, -0.25) is 4.90 Å². The Morgan fingerprint density at radius 2 is 2.00 bits per heavy atom. The van der Waals surface area contributed by atoms with Gasteiger partial charge in [-0.15, -0.1) is 0 Å². The van der Waals surface area contributed by atoms with Gasteiger partial charge >= 0.3 is 0 Å². The van der Waals surface area contributed by atoms with E-state index >= 15 is 0 Å². The summed E-state index contributed by atoms with van der Waals surface area (Å²) in [4.78, 5) is 5.22. The van der Waals surface area contributed by atoms with Gasteiger partial charge in [-0.05, 0) is 44.0 Å². The zero-order chi connectivity index (χ0) is 12.5. The van der Waals surface area contributed by atoms with E-state index < -0.39 is 0 Å². The number of hydrogen-bond acceptors (Lipinski definition) is 3. The highest BCUT2D eigenvalue weighted by molar-refractivity contribution is 5.49. The molecule has 2 heterocycles. The first-order chi connectivity index (χ1) is 8.78. The molecule has 2 saturated heterocycles. The average Bonchev–Trinajstić information content (AvgIpc) is 2.85. The first kappa shape index (κ1) is 12.0. The first-order valence-electron chi connectivity index (χ1n) is 7.07. The molecule has 2 aliphatic heterocycles. The fourth-order valence-corrected chi connectivity index (χ4v) is 3.37. The molecule has 18 heavy (non-hydrogen) atoms. The maximum absolute atomic E-state index is 5.66. The lowest BCUT2D eigenvalue weighted by Crippen LogP contribution is -2.55. The van der Waals surface area contributed by atoms with E-state index in [4.69, 9.17) is 5.73 Å². The highest BCUT2D eigenvalue weighted by atomic mass is 15.3. The molecule has 3 rings (SSSR count). The number of nitrogens with zero attached hydrogens (tertiary/aromatic N) is 2. The summed E-state index contributed by atoms with van der Waals surface area (Å²) in [5.74, 6) is 0. The van der Waals surface area contributed by atoms with Crippen molar-refractivity contribution >= 4 is 5.69 Å². The maximum Gasteiger partial charge on any atom is 0.0389 e. The van der Waals surface area contributed by atoms with Crippen LogP contribution >= 0.6 is 0 Å². The third-order valence-corrected chi connectivity index (χ3v) is 4.44. The van der Waals surface area contributed by atoms with Crippen LogP contribution in [0.4, 0.5) is 5.69 Å². The van der Waals surface area contributed by atoms with E-state index in [2.05, 4.69) is 41.0 Å². The summed E-state index contributed by atoms with van der Waals surface area (Å²) >= 11 is 0. The van der Waals surface area contributed by atoms with E-state index in [9.17, 15) is 0 Å². The second kappa shape index (κ2) is 4.90. The molecule has 0 bridgehead atoms. The quantitative estimate of drug-likeness (QED) is 0.862. The molecule has 0 amide bonds. The van der Waals surface area contributed by atoms with E-state index in [1.165, 1.54) is 43.7 Å². The molecule has 2 fully saturated rings. The summed E-state index contributed by atoms with van der Waals surface area (Å²) in [5, 5.41) is 0. The minimum absolute atomic E-state index is 0.614. The summed E-state index contributed by atoms with van der Waals surface area (Å²) in [6.45, 7) is 6.67. The Morgan fingerprint density at radius 3 is 2.72 bits per heavy atom. The summed E-state index contributed by atoms with van der Waals surface area (Å²) < 4.78 is 0. The van der Waals surface area contributed by atoms with Crippen LogP contribution in [-0.2, 0) is 6.54 Å². The number of rotatable bonds is 2. The SMILES string of the molecule is CC1CN2CCCC2CN1c1ccc(CN)cc1. The van der Waals surface area contributed by atoms with E-state index in [0.717, 1.165) is 6.04 Å². The molecule has 1 aromatic rings. The molecule has 2 N–H and O–H groups in total. The zero-order valence-electron chi connectivity index (χ0n) is 11.2. The van der Waals surface area contributed by atoms with Crippen molar-refractivity contribution in [2.75, 3.05) is 24.5 Å². The van der Waals surface area contributed by atoms with Crippen LogP contribution in [0.1, 0.15) is 25.3 Å². The topological polar surface area (TPSA) is 32.5 Å². The summed E-state index contributed by atoms with van der Waals surface area (Å²) in [6.07, 6.45) is 2.74. The largest absolute Gasteiger partial charge is 0.366 e. The number of benzene rings is 1. The van der Waals surface area contributed by atoms with Crippen molar-refractivity contribution in [1.29, 1.82) is 0 Å². The van der Waals surface area contributed by atoms with Crippen molar-refractivity contribution in [1.82, 2.24) is 4.90 Å². The molecule has 0 spiro atoms. The van der Waals surface area contributed by atoms with Crippen molar-refractivity contribution in [2.45, 2.75) is 38.4 Å². The van der Waals surface area contributed by atoms with Gasteiger partial charge in [-0.2, -0.15) is 0 Å². The second-order valence-corrected chi connectivity index (χ2v) is 5.66. The summed E-state index contributed by atoms with van der Waals surface area (Å²) in [6, 6.07) is 10.2. The van der Waals surface area contributed by atoms with Gasteiger partial charge in [0, 0.05) is 37.4 Å². The smallest absolute Gasteiger partial charge is 0.0389 e. The fourth-order valence-electron chi connectivity index (χ4n) is 3.37. The molecule has 0 aromatic heterocycles. The van der Waals surface area contributed by atoms with E-state index in [-0.39, 0.29) is 0 Å². The Bertz CT molecular complexity index is 401. The molecular weight excluding hydrogens is 222 g/mol. The lowest BCUT2D eigenvalue weighted by Gasteiger charge is -2.43. The van der Waals surface area contributed by atoms with Crippen LogP contribution in [0.25, 0.3) is 0 Å². The average molecular weight is 245 g/mol. The molecule has 3 nitrogen and oxygen atoms in total. The van der Waals surface area contributed by atoms with Crippen LogP contribution in [0.3, 0.4) is 0 Å². The molecule has 0 aliphatic carbocycles. The number of hydrogen-bond donors (Lipinski definition) is 1. The molecule has 98 valence electrons. The Kier molecular flexibility index (Phi) is 3.27. The predicted octanol–water partition coefficient (Wildman–Crippen LogP) is 1.82. The van der Waals surface area contributed by atoms with Crippen LogP contribution < -0.4 is 10.6 Å². The van der Waals surface area contributed by atoms with Crippen LogP contribution in [0, 0.1) is 0 Å². The number of fused-ring (bicyclic) bond motifs is 1. The summed E-state index contributed by atoms with van der Waals surface area (Å²) in [5.41, 5.74) is 8.22.